The summed E-state index contributed by atoms with van der Waals surface area (Å²) in [6.45, 7) is 6.69. The summed E-state index contributed by atoms with van der Waals surface area (Å²) in [5.74, 6) is 2.11. The van der Waals surface area contributed by atoms with Crippen molar-refractivity contribution >= 4 is 32.8 Å². The van der Waals surface area contributed by atoms with Crippen LogP contribution in [0.4, 0.5) is 0 Å². The van der Waals surface area contributed by atoms with Crippen LogP contribution < -0.4 is 15.2 Å². The highest BCUT2D eigenvalue weighted by Gasteiger charge is 2.22. The van der Waals surface area contributed by atoms with Gasteiger partial charge >= 0.3 is 0 Å². The molecule has 0 atom stereocenters. The molecule has 0 aliphatic heterocycles. The fraction of sp³-hybridized carbons (Fsp3) is 0.192. The van der Waals surface area contributed by atoms with Gasteiger partial charge in [-0.15, -0.1) is 11.3 Å². The lowest BCUT2D eigenvalue weighted by molar-refractivity contribution is 0.104. The Labute approximate surface area is 192 Å². The monoisotopic (exact) mass is 449 g/mol. The Morgan fingerprint density at radius 3 is 2.44 bits per heavy atom. The summed E-state index contributed by atoms with van der Waals surface area (Å²) in [6.07, 6.45) is 5.52. The molecule has 32 heavy (non-hydrogen) atoms. The lowest BCUT2D eigenvalue weighted by atomic mass is 9.97. The van der Waals surface area contributed by atoms with Gasteiger partial charge in [0.1, 0.15) is 18.1 Å². The molecule has 0 bridgehead atoms. The summed E-state index contributed by atoms with van der Waals surface area (Å²) < 4.78 is 17.1. The highest BCUT2D eigenvalue weighted by atomic mass is 32.1. The molecule has 0 aliphatic rings. The van der Waals surface area contributed by atoms with Gasteiger partial charge in [-0.3, -0.25) is 4.79 Å². The minimum absolute atomic E-state index is 0.0676. The first-order valence-corrected chi connectivity index (χ1v) is 11.0. The molecule has 1 heterocycles. The summed E-state index contributed by atoms with van der Waals surface area (Å²) >= 11 is 1.53. The van der Waals surface area contributed by atoms with Crippen molar-refractivity contribution in [3.05, 3.63) is 89.0 Å². The third-order valence-corrected chi connectivity index (χ3v) is 6.13. The maximum absolute atomic E-state index is 13.6. The van der Waals surface area contributed by atoms with Gasteiger partial charge in [0.2, 0.25) is 0 Å². The molecule has 0 saturated heterocycles. The van der Waals surface area contributed by atoms with Crippen LogP contribution in [0.3, 0.4) is 0 Å². The molecule has 166 valence electrons. The van der Waals surface area contributed by atoms with E-state index in [1.807, 2.05) is 37.3 Å². The van der Waals surface area contributed by atoms with E-state index in [0.29, 0.717) is 30.0 Å². The summed E-state index contributed by atoms with van der Waals surface area (Å²) in [6, 6.07) is 12.9. The van der Waals surface area contributed by atoms with Crippen LogP contribution in [-0.2, 0) is 4.74 Å². The number of thiophene rings is 1. The second kappa shape index (κ2) is 10.8. The molecular weight excluding hydrogens is 422 g/mol. The maximum atomic E-state index is 13.6. The molecule has 3 aromatic rings. The Kier molecular flexibility index (Phi) is 7.87. The number of benzene rings is 2. The Morgan fingerprint density at radius 2 is 1.81 bits per heavy atom. The fourth-order valence-corrected chi connectivity index (χ4v) is 4.42. The van der Waals surface area contributed by atoms with Crippen molar-refractivity contribution in [2.45, 2.75) is 6.92 Å². The number of rotatable bonds is 10. The van der Waals surface area contributed by atoms with E-state index in [9.17, 15) is 4.79 Å². The second-order valence-corrected chi connectivity index (χ2v) is 8.02. The smallest absolute Gasteiger partial charge is 0.195 e. The average Bonchev–Trinajstić information content (AvgIpc) is 3.21. The van der Waals surface area contributed by atoms with E-state index < -0.39 is 0 Å². The Morgan fingerprint density at radius 1 is 1.09 bits per heavy atom. The maximum Gasteiger partial charge on any atom is 0.195 e. The van der Waals surface area contributed by atoms with E-state index in [1.54, 1.807) is 44.6 Å². The molecule has 2 aromatic carbocycles. The molecular formula is C26H27NO4S. The quantitative estimate of drug-likeness (QED) is 0.248. The molecule has 3 rings (SSSR count). The SMILES string of the molecule is C=C/C(=C\C=C(/C)OC)c1sc2cc(OC)ccc2c1C(=O)c1ccc(OCCN)cc1. The first-order valence-electron chi connectivity index (χ1n) is 10.2. The first-order chi connectivity index (χ1) is 15.5. The van der Waals surface area contributed by atoms with Gasteiger partial charge in [-0.1, -0.05) is 18.7 Å². The van der Waals surface area contributed by atoms with Crippen LogP contribution in [0.2, 0.25) is 0 Å². The van der Waals surface area contributed by atoms with Crippen molar-refractivity contribution in [3.8, 4) is 11.5 Å². The molecule has 1 aromatic heterocycles. The van der Waals surface area contributed by atoms with Crippen molar-refractivity contribution in [1.29, 1.82) is 0 Å². The van der Waals surface area contributed by atoms with Crippen LogP contribution >= 0.6 is 11.3 Å². The van der Waals surface area contributed by atoms with Crippen molar-refractivity contribution in [2.24, 2.45) is 5.73 Å². The van der Waals surface area contributed by atoms with E-state index in [0.717, 1.165) is 32.0 Å². The van der Waals surface area contributed by atoms with Gasteiger partial charge in [-0.05, 0) is 61.0 Å². The molecule has 0 spiro atoms. The van der Waals surface area contributed by atoms with E-state index in [-0.39, 0.29) is 5.78 Å². The normalized spacial score (nSPS) is 12.0. The predicted molar refractivity (Wildman–Crippen MR) is 132 cm³/mol. The Bertz CT molecular complexity index is 1170. The summed E-state index contributed by atoms with van der Waals surface area (Å²) in [4.78, 5) is 14.5. The number of carbonyl (C=O) groups excluding carboxylic acids is 1. The zero-order valence-electron chi connectivity index (χ0n) is 18.5. The summed E-state index contributed by atoms with van der Waals surface area (Å²) in [7, 11) is 3.25. The summed E-state index contributed by atoms with van der Waals surface area (Å²) in [5.41, 5.74) is 7.55. The molecule has 0 radical (unpaired) electrons. The van der Waals surface area contributed by atoms with Gasteiger partial charge in [0.05, 0.1) is 20.0 Å². The van der Waals surface area contributed by atoms with Gasteiger partial charge in [0, 0.05) is 32.6 Å². The van der Waals surface area contributed by atoms with Gasteiger partial charge in [0.25, 0.3) is 0 Å². The van der Waals surface area contributed by atoms with Crippen molar-refractivity contribution < 1.29 is 19.0 Å². The molecule has 0 saturated carbocycles. The van der Waals surface area contributed by atoms with Crippen molar-refractivity contribution in [2.75, 3.05) is 27.4 Å². The second-order valence-electron chi connectivity index (χ2n) is 6.97. The molecule has 0 unspecified atom stereocenters. The number of methoxy groups -OCH3 is 2. The number of ether oxygens (including phenoxy) is 3. The average molecular weight is 450 g/mol. The number of allylic oxidation sites excluding steroid dienone is 5. The first kappa shape index (κ1) is 23.3. The lowest BCUT2D eigenvalue weighted by Crippen LogP contribution is -2.10. The lowest BCUT2D eigenvalue weighted by Gasteiger charge is -2.08. The predicted octanol–water partition coefficient (Wildman–Crippen LogP) is 5.60. The van der Waals surface area contributed by atoms with E-state index in [2.05, 4.69) is 6.58 Å². The topological polar surface area (TPSA) is 70.8 Å². The fourth-order valence-electron chi connectivity index (χ4n) is 3.17. The Balaban J connectivity index is 2.14. The molecule has 2 N–H and O–H groups in total. The van der Waals surface area contributed by atoms with Gasteiger partial charge in [-0.2, -0.15) is 0 Å². The third-order valence-electron chi connectivity index (χ3n) is 4.93. The van der Waals surface area contributed by atoms with Gasteiger partial charge in [0.15, 0.2) is 5.78 Å². The van der Waals surface area contributed by atoms with Crippen LogP contribution in [-0.4, -0.2) is 33.2 Å². The Hall–Kier alpha value is -3.35. The highest BCUT2D eigenvalue weighted by Crippen LogP contribution is 2.39. The number of ketones is 1. The molecule has 0 fully saturated rings. The van der Waals surface area contributed by atoms with E-state index >= 15 is 0 Å². The van der Waals surface area contributed by atoms with E-state index in [1.165, 1.54) is 11.3 Å². The van der Waals surface area contributed by atoms with Crippen LogP contribution in [0.25, 0.3) is 15.7 Å². The van der Waals surface area contributed by atoms with Gasteiger partial charge < -0.3 is 19.9 Å². The third kappa shape index (κ3) is 5.10. The standard InChI is InChI=1S/C26H27NO4S/c1-5-18(7-6-17(2)29-3)26-24(22-13-12-21(30-4)16-23(22)32-26)25(28)19-8-10-20(11-9-19)31-15-14-27/h5-13,16H,1,14-15,27H2,2-4H3/b17-6+,18-7+. The molecule has 0 aliphatic carbocycles. The van der Waals surface area contributed by atoms with Crippen LogP contribution in [0.5, 0.6) is 11.5 Å². The van der Waals surface area contributed by atoms with Crippen molar-refractivity contribution in [1.82, 2.24) is 0 Å². The molecule has 5 nitrogen and oxygen atoms in total. The number of carbonyl (C=O) groups is 1. The molecule has 6 heteroatoms. The van der Waals surface area contributed by atoms with Crippen LogP contribution in [0, 0.1) is 0 Å². The number of nitrogens with two attached hydrogens (primary N) is 1. The van der Waals surface area contributed by atoms with Crippen LogP contribution in [0.15, 0.2) is 73.0 Å². The zero-order chi connectivity index (χ0) is 23.1. The van der Waals surface area contributed by atoms with Crippen molar-refractivity contribution in [3.63, 3.8) is 0 Å². The largest absolute Gasteiger partial charge is 0.501 e. The summed E-state index contributed by atoms with van der Waals surface area (Å²) in [5, 5.41) is 0.874. The van der Waals surface area contributed by atoms with E-state index in [4.69, 9.17) is 19.9 Å². The highest BCUT2D eigenvalue weighted by molar-refractivity contribution is 7.20. The minimum atomic E-state index is -0.0676. The van der Waals surface area contributed by atoms with Crippen LogP contribution in [0.1, 0.15) is 27.7 Å². The minimum Gasteiger partial charge on any atom is -0.501 e. The van der Waals surface area contributed by atoms with Gasteiger partial charge in [-0.25, -0.2) is 0 Å². The zero-order valence-corrected chi connectivity index (χ0v) is 19.3. The molecule has 0 amide bonds. The number of hydrogen-bond donors (Lipinski definition) is 1. The number of hydrogen-bond acceptors (Lipinski definition) is 6. The number of fused-ring (bicyclic) bond motifs is 1.